The monoisotopic (exact) mass is 328 g/mol. The molecule has 0 aliphatic carbocycles. The van der Waals surface area contributed by atoms with Crippen LogP contribution < -0.4 is 5.56 Å². The van der Waals surface area contributed by atoms with E-state index < -0.39 is 5.97 Å². The van der Waals surface area contributed by atoms with Crippen LogP contribution in [0.5, 0.6) is 0 Å². The van der Waals surface area contributed by atoms with Gasteiger partial charge in [0, 0.05) is 5.02 Å². The summed E-state index contributed by atoms with van der Waals surface area (Å²) >= 11 is 5.91. The minimum Gasteiger partial charge on any atom is -0.465 e. The minimum absolute atomic E-state index is 0.157. The lowest BCUT2D eigenvalue weighted by atomic mass is 10.1. The summed E-state index contributed by atoms with van der Waals surface area (Å²) in [4.78, 5) is 28.3. The molecule has 0 atom stereocenters. The van der Waals surface area contributed by atoms with Crippen LogP contribution in [0.1, 0.15) is 15.9 Å². The Hall–Kier alpha value is -2.66. The van der Waals surface area contributed by atoms with Crippen LogP contribution in [0.4, 0.5) is 0 Å². The van der Waals surface area contributed by atoms with E-state index in [-0.39, 0.29) is 5.56 Å². The number of aromatic nitrogens is 2. The van der Waals surface area contributed by atoms with E-state index in [1.54, 1.807) is 36.4 Å². The number of rotatable bonds is 3. The van der Waals surface area contributed by atoms with Crippen LogP contribution >= 0.6 is 11.6 Å². The van der Waals surface area contributed by atoms with Crippen molar-refractivity contribution in [3.8, 4) is 0 Å². The second-order valence-corrected chi connectivity index (χ2v) is 5.47. The topological polar surface area (TPSA) is 61.2 Å². The van der Waals surface area contributed by atoms with Crippen LogP contribution in [0.3, 0.4) is 0 Å². The molecule has 0 saturated heterocycles. The molecule has 1 aromatic heterocycles. The number of hydrogen-bond acceptors (Lipinski definition) is 4. The Kier molecular flexibility index (Phi) is 4.12. The molecule has 3 aromatic rings. The molecule has 0 radical (unpaired) electrons. The fourth-order valence-electron chi connectivity index (χ4n) is 2.36. The maximum absolute atomic E-state index is 12.5. The zero-order valence-corrected chi connectivity index (χ0v) is 13.1. The second kappa shape index (κ2) is 6.22. The summed E-state index contributed by atoms with van der Waals surface area (Å²) in [6.45, 7) is 0.315. The van der Waals surface area contributed by atoms with Crippen molar-refractivity contribution in [2.75, 3.05) is 7.11 Å². The maximum atomic E-state index is 12.5. The highest BCUT2D eigenvalue weighted by Crippen LogP contribution is 2.14. The van der Waals surface area contributed by atoms with E-state index in [2.05, 4.69) is 4.98 Å². The van der Waals surface area contributed by atoms with Crippen LogP contribution in [0.25, 0.3) is 10.9 Å². The van der Waals surface area contributed by atoms with Gasteiger partial charge in [-0.3, -0.25) is 9.36 Å². The average Bonchev–Trinajstić information content (AvgIpc) is 2.57. The van der Waals surface area contributed by atoms with Crippen LogP contribution in [0.15, 0.2) is 53.6 Å². The highest BCUT2D eigenvalue weighted by Gasteiger charge is 2.08. The van der Waals surface area contributed by atoms with Crippen molar-refractivity contribution in [1.82, 2.24) is 9.55 Å². The van der Waals surface area contributed by atoms with E-state index in [0.717, 1.165) is 5.56 Å². The first-order chi connectivity index (χ1) is 11.1. The summed E-state index contributed by atoms with van der Waals surface area (Å²) in [6, 6.07) is 11.9. The van der Waals surface area contributed by atoms with Crippen LogP contribution in [-0.2, 0) is 11.3 Å². The van der Waals surface area contributed by atoms with Crippen molar-refractivity contribution in [1.29, 1.82) is 0 Å². The first-order valence-electron chi connectivity index (χ1n) is 6.90. The average molecular weight is 329 g/mol. The summed E-state index contributed by atoms with van der Waals surface area (Å²) in [5.74, 6) is -0.412. The van der Waals surface area contributed by atoms with Gasteiger partial charge >= 0.3 is 5.97 Å². The molecule has 2 aromatic carbocycles. The summed E-state index contributed by atoms with van der Waals surface area (Å²) in [7, 11) is 1.33. The molecule has 5 nitrogen and oxygen atoms in total. The number of halogens is 1. The Labute approximate surface area is 137 Å². The molecule has 0 bridgehead atoms. The van der Waals surface area contributed by atoms with Gasteiger partial charge in [-0.05, 0) is 35.9 Å². The zero-order chi connectivity index (χ0) is 16.4. The molecule has 116 valence electrons. The lowest BCUT2D eigenvalue weighted by Gasteiger charge is -2.08. The lowest BCUT2D eigenvalue weighted by molar-refractivity contribution is 0.0600. The van der Waals surface area contributed by atoms with Gasteiger partial charge in [-0.25, -0.2) is 9.78 Å². The molecule has 0 aliphatic rings. The molecule has 0 amide bonds. The number of esters is 1. The van der Waals surface area contributed by atoms with Gasteiger partial charge in [0.15, 0.2) is 0 Å². The Balaban J connectivity index is 1.99. The Morgan fingerprint density at radius 2 is 2.09 bits per heavy atom. The molecule has 0 fully saturated rings. The van der Waals surface area contributed by atoms with Crippen LogP contribution in [0, 0.1) is 0 Å². The Morgan fingerprint density at radius 1 is 1.26 bits per heavy atom. The fraction of sp³-hybridized carbons (Fsp3) is 0.118. The van der Waals surface area contributed by atoms with Crippen molar-refractivity contribution in [2.45, 2.75) is 6.54 Å². The summed E-state index contributed by atoms with van der Waals surface area (Å²) in [6.07, 6.45) is 1.48. The van der Waals surface area contributed by atoms with Gasteiger partial charge < -0.3 is 4.74 Å². The van der Waals surface area contributed by atoms with Crippen LogP contribution in [0.2, 0.25) is 5.02 Å². The number of fused-ring (bicyclic) bond motifs is 1. The summed E-state index contributed by atoms with van der Waals surface area (Å²) < 4.78 is 6.19. The normalized spacial score (nSPS) is 10.7. The molecular formula is C17H13ClN2O3. The standard InChI is InChI=1S/C17H13ClN2O3/c1-23-17(22)12-4-2-3-11(7-12)9-20-10-19-15-8-13(18)5-6-14(15)16(20)21/h2-8,10H,9H2,1H3. The smallest absolute Gasteiger partial charge is 0.337 e. The largest absolute Gasteiger partial charge is 0.465 e. The van der Waals surface area contributed by atoms with E-state index in [9.17, 15) is 9.59 Å². The Bertz CT molecular complexity index is 950. The SMILES string of the molecule is COC(=O)c1cccc(Cn2cnc3cc(Cl)ccc3c2=O)c1. The van der Waals surface area contributed by atoms with Gasteiger partial charge in [-0.2, -0.15) is 0 Å². The molecule has 23 heavy (non-hydrogen) atoms. The molecule has 0 N–H and O–H groups in total. The van der Waals surface area contributed by atoms with Crippen molar-refractivity contribution in [3.05, 3.63) is 75.3 Å². The van der Waals surface area contributed by atoms with Crippen molar-refractivity contribution in [3.63, 3.8) is 0 Å². The molecule has 0 saturated carbocycles. The number of hydrogen-bond donors (Lipinski definition) is 0. The number of carbonyl (C=O) groups is 1. The molecular weight excluding hydrogens is 316 g/mol. The highest BCUT2D eigenvalue weighted by molar-refractivity contribution is 6.31. The van der Waals surface area contributed by atoms with Gasteiger partial charge in [0.05, 0.1) is 36.4 Å². The molecule has 6 heteroatoms. The summed E-state index contributed by atoms with van der Waals surface area (Å²) in [5.41, 5.74) is 1.65. The van der Waals surface area contributed by atoms with E-state index in [4.69, 9.17) is 16.3 Å². The van der Waals surface area contributed by atoms with E-state index in [1.807, 2.05) is 6.07 Å². The predicted molar refractivity (Wildman–Crippen MR) is 87.9 cm³/mol. The zero-order valence-electron chi connectivity index (χ0n) is 12.3. The van der Waals surface area contributed by atoms with E-state index in [0.29, 0.717) is 28.0 Å². The van der Waals surface area contributed by atoms with Gasteiger partial charge in [0.2, 0.25) is 0 Å². The van der Waals surface area contributed by atoms with Gasteiger partial charge in [-0.1, -0.05) is 23.7 Å². The van der Waals surface area contributed by atoms with Gasteiger partial charge in [0.25, 0.3) is 5.56 Å². The number of carbonyl (C=O) groups excluding carboxylic acids is 1. The third-order valence-electron chi connectivity index (χ3n) is 3.49. The number of ether oxygens (including phenoxy) is 1. The molecule has 0 aliphatic heterocycles. The van der Waals surface area contributed by atoms with Crippen molar-refractivity contribution < 1.29 is 9.53 Å². The quantitative estimate of drug-likeness (QED) is 0.694. The minimum atomic E-state index is -0.412. The van der Waals surface area contributed by atoms with Crippen molar-refractivity contribution in [2.24, 2.45) is 0 Å². The molecule has 0 unspecified atom stereocenters. The van der Waals surface area contributed by atoms with E-state index in [1.165, 1.54) is 18.0 Å². The highest BCUT2D eigenvalue weighted by atomic mass is 35.5. The van der Waals surface area contributed by atoms with Gasteiger partial charge in [0.1, 0.15) is 0 Å². The number of nitrogens with zero attached hydrogens (tertiary/aromatic N) is 2. The molecule has 1 heterocycles. The molecule has 3 rings (SSSR count). The second-order valence-electron chi connectivity index (χ2n) is 5.03. The van der Waals surface area contributed by atoms with Crippen molar-refractivity contribution >= 4 is 28.5 Å². The lowest BCUT2D eigenvalue weighted by Crippen LogP contribution is -2.21. The third-order valence-corrected chi connectivity index (χ3v) is 3.72. The third kappa shape index (κ3) is 3.10. The van der Waals surface area contributed by atoms with Gasteiger partial charge in [-0.15, -0.1) is 0 Å². The predicted octanol–water partition coefficient (Wildman–Crippen LogP) is 2.88. The van der Waals surface area contributed by atoms with E-state index >= 15 is 0 Å². The molecule has 0 spiro atoms. The first-order valence-corrected chi connectivity index (χ1v) is 7.28. The first kappa shape index (κ1) is 15.2. The fourth-order valence-corrected chi connectivity index (χ4v) is 2.52. The Morgan fingerprint density at radius 3 is 2.87 bits per heavy atom. The maximum Gasteiger partial charge on any atom is 0.337 e. The number of benzene rings is 2. The summed E-state index contributed by atoms with van der Waals surface area (Å²) in [5, 5.41) is 1.04. The van der Waals surface area contributed by atoms with Crippen LogP contribution in [-0.4, -0.2) is 22.6 Å². The number of methoxy groups -OCH3 is 1.